The van der Waals surface area contributed by atoms with Gasteiger partial charge in [0.25, 0.3) is 0 Å². The van der Waals surface area contributed by atoms with Crippen molar-refractivity contribution in [2.45, 2.75) is 44.2 Å². The molecule has 1 aromatic carbocycles. The molecule has 4 rings (SSSR count). The van der Waals surface area contributed by atoms with Crippen LogP contribution in [0.15, 0.2) is 34.8 Å². The SMILES string of the molecule is CC(=O)C1=C(O)[C@@H](N(C)C)[C@@H]2C[C@@H]3Cc4c(CCCNS(C)(=O)=O)ccc(O)c4C(=O)C3=C(O)[C@]2(O)C1=O. The van der Waals surface area contributed by atoms with Crippen LogP contribution >= 0.6 is 0 Å². The Bertz CT molecular complexity index is 1410. The standard InChI is InChI=1S/C26H32N2O9S/c1-12(29)18-23(32)21(28(2)3)16-11-14-10-15-13(6-5-9-27-38(4,36)37)7-8-17(30)20(15)22(31)19(14)25(34)26(16,35)24(18)33/h7-8,14,16,21,27,30,32,34-35H,5-6,9-11H2,1-4H3/t14-,16-,21-,26+/m0/s1. The van der Waals surface area contributed by atoms with E-state index in [1.165, 1.54) is 6.07 Å². The first kappa shape index (κ1) is 28.0. The maximum Gasteiger partial charge on any atom is 0.209 e. The number of hydrogen-bond acceptors (Lipinski definition) is 10. The molecule has 11 nitrogen and oxygen atoms in total. The zero-order valence-corrected chi connectivity index (χ0v) is 22.4. The number of nitrogens with one attached hydrogen (secondary N) is 1. The van der Waals surface area contributed by atoms with Crippen molar-refractivity contribution in [1.82, 2.24) is 9.62 Å². The molecule has 0 unspecified atom stereocenters. The Morgan fingerprint density at radius 3 is 2.42 bits per heavy atom. The molecular formula is C26H32N2O9S. The molecule has 0 saturated heterocycles. The topological polar surface area (TPSA) is 182 Å². The van der Waals surface area contributed by atoms with E-state index in [1.54, 1.807) is 25.1 Å². The summed E-state index contributed by atoms with van der Waals surface area (Å²) >= 11 is 0. The predicted octanol–water partition coefficient (Wildman–Crippen LogP) is 0.706. The number of benzene rings is 1. The number of fused-ring (bicyclic) bond motifs is 3. The van der Waals surface area contributed by atoms with Gasteiger partial charge in [0, 0.05) is 18.0 Å². The first-order chi connectivity index (χ1) is 17.6. The van der Waals surface area contributed by atoms with Crippen LogP contribution in [0.3, 0.4) is 0 Å². The number of aromatic hydroxyl groups is 1. The number of carbonyl (C=O) groups is 3. The van der Waals surface area contributed by atoms with Gasteiger partial charge in [-0.25, -0.2) is 13.1 Å². The second kappa shape index (κ2) is 9.60. The smallest absolute Gasteiger partial charge is 0.209 e. The molecule has 0 heterocycles. The Morgan fingerprint density at radius 2 is 1.84 bits per heavy atom. The molecule has 0 aliphatic heterocycles. The molecule has 206 valence electrons. The molecule has 0 radical (unpaired) electrons. The van der Waals surface area contributed by atoms with Crippen LogP contribution in [0, 0.1) is 11.8 Å². The molecule has 5 N–H and O–H groups in total. The fraction of sp³-hybridized carbons (Fsp3) is 0.500. The van der Waals surface area contributed by atoms with E-state index in [-0.39, 0.29) is 36.3 Å². The number of Topliss-reactive ketones (excluding diaryl/α,β-unsaturated/α-hetero) is 3. The van der Waals surface area contributed by atoms with Crippen LogP contribution in [0.4, 0.5) is 0 Å². The Labute approximate surface area is 220 Å². The zero-order chi connectivity index (χ0) is 28.3. The zero-order valence-electron chi connectivity index (χ0n) is 21.6. The van der Waals surface area contributed by atoms with E-state index in [4.69, 9.17) is 0 Å². The lowest BCUT2D eigenvalue weighted by Gasteiger charge is -2.50. The molecule has 3 aliphatic carbocycles. The average molecular weight is 549 g/mol. The Morgan fingerprint density at radius 1 is 1.18 bits per heavy atom. The number of phenols is 1. The molecule has 38 heavy (non-hydrogen) atoms. The van der Waals surface area contributed by atoms with Gasteiger partial charge in [0.1, 0.15) is 22.8 Å². The van der Waals surface area contributed by atoms with Crippen LogP contribution in [0.2, 0.25) is 0 Å². The number of phenolic OH excluding ortho intramolecular Hbond substituents is 1. The van der Waals surface area contributed by atoms with E-state index >= 15 is 0 Å². The molecule has 3 aliphatic rings. The molecule has 1 aromatic rings. The van der Waals surface area contributed by atoms with E-state index in [0.717, 1.165) is 18.7 Å². The minimum atomic E-state index is -3.36. The maximum atomic E-state index is 13.7. The van der Waals surface area contributed by atoms with Crippen LogP contribution in [0.25, 0.3) is 0 Å². The summed E-state index contributed by atoms with van der Waals surface area (Å²) in [4.78, 5) is 40.9. The Hall–Kier alpha value is -3.06. The van der Waals surface area contributed by atoms with Crippen molar-refractivity contribution in [3.8, 4) is 5.75 Å². The highest BCUT2D eigenvalue weighted by Gasteiger charge is 2.63. The summed E-state index contributed by atoms with van der Waals surface area (Å²) in [6.07, 6.45) is 2.14. The Balaban J connectivity index is 1.80. The van der Waals surface area contributed by atoms with Gasteiger partial charge in [-0.2, -0.15) is 0 Å². The van der Waals surface area contributed by atoms with Crippen molar-refractivity contribution < 1.29 is 43.2 Å². The number of allylic oxidation sites excluding steroid dienone is 1. The lowest BCUT2D eigenvalue weighted by Crippen LogP contribution is -2.63. The molecular weight excluding hydrogens is 516 g/mol. The van der Waals surface area contributed by atoms with Crippen LogP contribution < -0.4 is 4.72 Å². The number of rotatable bonds is 7. The van der Waals surface area contributed by atoms with Gasteiger partial charge in [-0.3, -0.25) is 19.3 Å². The van der Waals surface area contributed by atoms with Gasteiger partial charge >= 0.3 is 0 Å². The quantitative estimate of drug-likeness (QED) is 0.240. The van der Waals surface area contributed by atoms with Crippen molar-refractivity contribution in [1.29, 1.82) is 0 Å². The highest BCUT2D eigenvalue weighted by atomic mass is 32.2. The number of ketones is 3. The van der Waals surface area contributed by atoms with Crippen molar-refractivity contribution in [2.75, 3.05) is 26.9 Å². The van der Waals surface area contributed by atoms with Crippen LogP contribution in [-0.4, -0.2) is 89.6 Å². The summed E-state index contributed by atoms with van der Waals surface area (Å²) < 4.78 is 25.1. The van der Waals surface area contributed by atoms with E-state index in [1.807, 2.05) is 0 Å². The van der Waals surface area contributed by atoms with E-state index < -0.39 is 67.9 Å². The van der Waals surface area contributed by atoms with Crippen molar-refractivity contribution in [3.05, 3.63) is 51.5 Å². The van der Waals surface area contributed by atoms with Crippen molar-refractivity contribution >= 4 is 27.4 Å². The fourth-order valence-electron chi connectivity index (χ4n) is 6.19. The first-order valence-corrected chi connectivity index (χ1v) is 14.1. The summed E-state index contributed by atoms with van der Waals surface area (Å²) in [7, 11) is -0.151. The highest BCUT2D eigenvalue weighted by Crippen LogP contribution is 2.52. The normalized spacial score (nSPS) is 27.4. The number of aliphatic hydroxyl groups is 3. The summed E-state index contributed by atoms with van der Waals surface area (Å²) in [5.74, 6) is -6.04. The minimum absolute atomic E-state index is 0.0373. The third-order valence-corrected chi connectivity index (χ3v) is 8.52. The maximum absolute atomic E-state index is 13.7. The molecule has 0 spiro atoms. The fourth-order valence-corrected chi connectivity index (χ4v) is 6.70. The van der Waals surface area contributed by atoms with Crippen LogP contribution in [0.1, 0.15) is 41.3 Å². The second-order valence-electron chi connectivity index (χ2n) is 10.5. The van der Waals surface area contributed by atoms with E-state index in [0.29, 0.717) is 18.4 Å². The summed E-state index contributed by atoms with van der Waals surface area (Å²) in [5, 5.41) is 44.5. The summed E-state index contributed by atoms with van der Waals surface area (Å²) in [6.45, 7) is 1.26. The van der Waals surface area contributed by atoms with Gasteiger partial charge in [0.15, 0.2) is 17.2 Å². The van der Waals surface area contributed by atoms with Gasteiger partial charge in [0.05, 0.1) is 17.9 Å². The summed E-state index contributed by atoms with van der Waals surface area (Å²) in [6, 6.07) is 2.02. The monoisotopic (exact) mass is 548 g/mol. The van der Waals surface area contributed by atoms with Gasteiger partial charge in [0.2, 0.25) is 15.8 Å². The number of hydrogen-bond donors (Lipinski definition) is 5. The van der Waals surface area contributed by atoms with Crippen molar-refractivity contribution in [3.63, 3.8) is 0 Å². The number of aryl methyl sites for hydroxylation is 1. The van der Waals surface area contributed by atoms with Gasteiger partial charge in [-0.15, -0.1) is 0 Å². The number of aliphatic hydroxyl groups excluding tert-OH is 2. The molecule has 0 aromatic heterocycles. The highest BCUT2D eigenvalue weighted by molar-refractivity contribution is 7.88. The van der Waals surface area contributed by atoms with Gasteiger partial charge in [-0.1, -0.05) is 6.07 Å². The number of sulfonamides is 1. The summed E-state index contributed by atoms with van der Waals surface area (Å²) in [5.41, 5.74) is -2.19. The predicted molar refractivity (Wildman–Crippen MR) is 136 cm³/mol. The van der Waals surface area contributed by atoms with E-state index in [9.17, 15) is 43.2 Å². The van der Waals surface area contributed by atoms with Crippen molar-refractivity contribution in [2.24, 2.45) is 11.8 Å². The molecule has 12 heteroatoms. The lowest BCUT2D eigenvalue weighted by atomic mass is 9.58. The molecule has 0 bridgehead atoms. The number of carbonyl (C=O) groups excluding carboxylic acids is 3. The van der Waals surface area contributed by atoms with Crippen LogP contribution in [-0.2, 0) is 32.5 Å². The average Bonchev–Trinajstić information content (AvgIpc) is 2.79. The van der Waals surface area contributed by atoms with Gasteiger partial charge in [-0.05, 0) is 69.8 Å². The molecule has 0 fully saturated rings. The third kappa shape index (κ3) is 4.35. The largest absolute Gasteiger partial charge is 0.510 e. The minimum Gasteiger partial charge on any atom is -0.510 e. The third-order valence-electron chi connectivity index (χ3n) is 7.80. The molecule has 0 amide bonds. The molecule has 4 atom stereocenters. The second-order valence-corrected chi connectivity index (χ2v) is 12.4. The number of likely N-dealkylation sites (N-methyl/N-ethyl adjacent to an activating group) is 1. The van der Waals surface area contributed by atoms with Gasteiger partial charge < -0.3 is 20.4 Å². The molecule has 0 saturated carbocycles. The van der Waals surface area contributed by atoms with E-state index in [2.05, 4.69) is 4.72 Å². The number of nitrogens with zero attached hydrogens (tertiary/aromatic N) is 1. The first-order valence-electron chi connectivity index (χ1n) is 12.3. The lowest BCUT2D eigenvalue weighted by molar-refractivity contribution is -0.148. The van der Waals surface area contributed by atoms with Crippen LogP contribution in [0.5, 0.6) is 5.75 Å². The Kier molecular flexibility index (Phi) is 7.06.